The third-order valence-electron chi connectivity index (χ3n) is 3.69. The minimum absolute atomic E-state index is 0.0890. The number of hydrogen-bond donors (Lipinski definition) is 2. The number of fused-ring (bicyclic) bond motifs is 1. The van der Waals surface area contributed by atoms with E-state index in [1.165, 1.54) is 12.1 Å². The van der Waals surface area contributed by atoms with Crippen molar-refractivity contribution in [2.24, 2.45) is 0 Å². The average molecular weight is 288 g/mol. The van der Waals surface area contributed by atoms with E-state index in [9.17, 15) is 19.2 Å². The van der Waals surface area contributed by atoms with Crippen molar-refractivity contribution in [2.75, 3.05) is 0 Å². The Bertz CT molecular complexity index is 682. The highest BCUT2D eigenvalue weighted by molar-refractivity contribution is 6.23. The fourth-order valence-corrected chi connectivity index (χ4v) is 2.62. The van der Waals surface area contributed by atoms with Crippen LogP contribution in [0.5, 0.6) is 0 Å². The van der Waals surface area contributed by atoms with Crippen LogP contribution in [0.25, 0.3) is 0 Å². The van der Waals surface area contributed by atoms with Gasteiger partial charge in [-0.25, -0.2) is 0 Å². The first kappa shape index (κ1) is 13.4. The highest BCUT2D eigenvalue weighted by Gasteiger charge is 2.44. The van der Waals surface area contributed by atoms with Crippen molar-refractivity contribution >= 4 is 23.6 Å². The van der Waals surface area contributed by atoms with Crippen molar-refractivity contribution in [3.05, 3.63) is 34.9 Å². The van der Waals surface area contributed by atoms with Crippen molar-refractivity contribution in [2.45, 2.75) is 25.5 Å². The van der Waals surface area contributed by atoms with E-state index in [1.54, 1.807) is 6.07 Å². The van der Waals surface area contributed by atoms with E-state index < -0.39 is 29.7 Å². The molecule has 1 fully saturated rings. The summed E-state index contributed by atoms with van der Waals surface area (Å²) in [4.78, 5) is 48.6. The summed E-state index contributed by atoms with van der Waals surface area (Å²) in [7, 11) is 0. The summed E-state index contributed by atoms with van der Waals surface area (Å²) in [6.45, 7) is -0.243. The molecule has 1 unspecified atom stereocenters. The van der Waals surface area contributed by atoms with E-state index >= 15 is 0 Å². The van der Waals surface area contributed by atoms with Crippen LogP contribution < -0.4 is 5.32 Å². The molecule has 0 aromatic heterocycles. The second-order valence-corrected chi connectivity index (χ2v) is 4.99. The molecule has 2 heterocycles. The maximum Gasteiger partial charge on any atom is 0.262 e. The first-order valence-corrected chi connectivity index (χ1v) is 6.48. The number of hydrogen-bond acceptors (Lipinski definition) is 5. The van der Waals surface area contributed by atoms with E-state index in [0.29, 0.717) is 5.56 Å². The van der Waals surface area contributed by atoms with Gasteiger partial charge >= 0.3 is 0 Å². The second kappa shape index (κ2) is 4.78. The number of rotatable bonds is 2. The van der Waals surface area contributed by atoms with Crippen LogP contribution in [-0.2, 0) is 16.2 Å². The molecule has 2 N–H and O–H groups in total. The van der Waals surface area contributed by atoms with Gasteiger partial charge in [0.2, 0.25) is 11.8 Å². The van der Waals surface area contributed by atoms with E-state index in [1.807, 2.05) is 0 Å². The topological polar surface area (TPSA) is 104 Å². The molecule has 2 aliphatic heterocycles. The minimum atomic E-state index is -0.965. The van der Waals surface area contributed by atoms with Crippen molar-refractivity contribution in [3.8, 4) is 0 Å². The Morgan fingerprint density at radius 1 is 1.14 bits per heavy atom. The van der Waals surface area contributed by atoms with Gasteiger partial charge in [-0.2, -0.15) is 0 Å². The largest absolute Gasteiger partial charge is 0.392 e. The molecule has 0 radical (unpaired) electrons. The SMILES string of the molecule is O=C1CCC(N2C(=O)c3ccc(CO)cc3C2=O)C(=O)N1. The molecule has 108 valence electrons. The number of aliphatic hydroxyl groups excluding tert-OH is 1. The summed E-state index contributed by atoms with van der Waals surface area (Å²) in [5, 5.41) is 11.2. The lowest BCUT2D eigenvalue weighted by Gasteiger charge is -2.27. The first-order chi connectivity index (χ1) is 10.0. The predicted molar refractivity (Wildman–Crippen MR) is 69.0 cm³/mol. The Balaban J connectivity index is 1.96. The number of carbonyl (C=O) groups is 4. The van der Waals surface area contributed by atoms with Gasteiger partial charge in [0.25, 0.3) is 11.8 Å². The Morgan fingerprint density at radius 3 is 2.52 bits per heavy atom. The summed E-state index contributed by atoms with van der Waals surface area (Å²) < 4.78 is 0. The molecular formula is C14H12N2O5. The maximum absolute atomic E-state index is 12.4. The van der Waals surface area contributed by atoms with Gasteiger partial charge < -0.3 is 5.11 Å². The van der Waals surface area contributed by atoms with Crippen LogP contribution in [-0.4, -0.2) is 39.7 Å². The molecule has 4 amide bonds. The summed E-state index contributed by atoms with van der Waals surface area (Å²) >= 11 is 0. The minimum Gasteiger partial charge on any atom is -0.392 e. The van der Waals surface area contributed by atoms with Gasteiger partial charge in [0.15, 0.2) is 0 Å². The molecular weight excluding hydrogens is 276 g/mol. The van der Waals surface area contributed by atoms with E-state index in [-0.39, 0.29) is 30.6 Å². The van der Waals surface area contributed by atoms with Crippen molar-refractivity contribution in [1.82, 2.24) is 10.2 Å². The quantitative estimate of drug-likeness (QED) is 0.719. The van der Waals surface area contributed by atoms with Crippen LogP contribution in [0.2, 0.25) is 0 Å². The molecule has 0 aliphatic carbocycles. The number of aliphatic hydroxyl groups is 1. The number of benzene rings is 1. The Morgan fingerprint density at radius 2 is 1.86 bits per heavy atom. The van der Waals surface area contributed by atoms with E-state index in [4.69, 9.17) is 5.11 Å². The summed E-state index contributed by atoms with van der Waals surface area (Å²) in [5.74, 6) is -2.16. The van der Waals surface area contributed by atoms with Crippen LogP contribution in [0.15, 0.2) is 18.2 Å². The number of imide groups is 2. The zero-order valence-electron chi connectivity index (χ0n) is 11.0. The van der Waals surface area contributed by atoms with E-state index in [0.717, 1.165) is 4.90 Å². The van der Waals surface area contributed by atoms with Crippen LogP contribution >= 0.6 is 0 Å². The smallest absolute Gasteiger partial charge is 0.262 e. The van der Waals surface area contributed by atoms with Crippen molar-refractivity contribution in [3.63, 3.8) is 0 Å². The van der Waals surface area contributed by atoms with Gasteiger partial charge in [0.1, 0.15) is 6.04 Å². The Hall–Kier alpha value is -2.54. The van der Waals surface area contributed by atoms with Gasteiger partial charge in [0, 0.05) is 6.42 Å². The lowest BCUT2D eigenvalue weighted by Crippen LogP contribution is -2.54. The molecule has 21 heavy (non-hydrogen) atoms. The molecule has 0 saturated carbocycles. The second-order valence-electron chi connectivity index (χ2n) is 4.99. The highest BCUT2D eigenvalue weighted by Crippen LogP contribution is 2.28. The summed E-state index contributed by atoms with van der Waals surface area (Å²) in [6.07, 6.45) is 0.217. The first-order valence-electron chi connectivity index (χ1n) is 6.48. The number of nitrogens with zero attached hydrogens (tertiary/aromatic N) is 1. The normalized spacial score (nSPS) is 21.6. The lowest BCUT2D eigenvalue weighted by molar-refractivity contribution is -0.136. The highest BCUT2D eigenvalue weighted by atomic mass is 16.3. The average Bonchev–Trinajstić information content (AvgIpc) is 2.71. The summed E-state index contributed by atoms with van der Waals surface area (Å²) in [5.41, 5.74) is 0.901. The zero-order chi connectivity index (χ0) is 15.1. The fraction of sp³-hybridized carbons (Fsp3) is 0.286. The van der Waals surface area contributed by atoms with Gasteiger partial charge in [-0.3, -0.25) is 29.4 Å². The maximum atomic E-state index is 12.4. The van der Waals surface area contributed by atoms with Crippen LogP contribution in [0.4, 0.5) is 0 Å². The number of piperidine rings is 1. The molecule has 1 aromatic rings. The molecule has 7 heteroatoms. The van der Waals surface area contributed by atoms with Crippen LogP contribution in [0, 0.1) is 0 Å². The summed E-state index contributed by atoms with van der Waals surface area (Å²) in [6, 6.07) is 3.50. The number of carbonyl (C=O) groups excluding carboxylic acids is 4. The fourth-order valence-electron chi connectivity index (χ4n) is 2.62. The van der Waals surface area contributed by atoms with Gasteiger partial charge in [-0.15, -0.1) is 0 Å². The van der Waals surface area contributed by atoms with Crippen molar-refractivity contribution < 1.29 is 24.3 Å². The zero-order valence-corrected chi connectivity index (χ0v) is 11.0. The van der Waals surface area contributed by atoms with E-state index in [2.05, 4.69) is 5.32 Å². The molecule has 2 aliphatic rings. The molecule has 0 bridgehead atoms. The molecule has 7 nitrogen and oxygen atoms in total. The lowest BCUT2D eigenvalue weighted by atomic mass is 10.0. The molecule has 3 rings (SSSR count). The van der Waals surface area contributed by atoms with Crippen molar-refractivity contribution in [1.29, 1.82) is 0 Å². The van der Waals surface area contributed by atoms with Gasteiger partial charge in [-0.1, -0.05) is 6.07 Å². The molecule has 1 aromatic carbocycles. The van der Waals surface area contributed by atoms with Crippen LogP contribution in [0.3, 0.4) is 0 Å². The third-order valence-corrected chi connectivity index (χ3v) is 3.69. The molecule has 0 spiro atoms. The Labute approximate surface area is 119 Å². The van der Waals surface area contributed by atoms with Crippen LogP contribution in [0.1, 0.15) is 39.1 Å². The number of amides is 4. The van der Waals surface area contributed by atoms with Gasteiger partial charge in [-0.05, 0) is 24.1 Å². The standard InChI is InChI=1S/C14H12N2O5/c17-6-7-1-2-8-9(5-7)14(21)16(13(8)20)10-3-4-11(18)15-12(10)19/h1-2,5,10,17H,3-4,6H2,(H,15,18,19). The molecule has 1 atom stereocenters. The Kier molecular flexibility index (Phi) is 3.06. The predicted octanol–water partition coefficient (Wildman–Crippen LogP) is -0.420. The van der Waals surface area contributed by atoms with Gasteiger partial charge in [0.05, 0.1) is 17.7 Å². The monoisotopic (exact) mass is 288 g/mol. The number of nitrogens with one attached hydrogen (secondary N) is 1. The third kappa shape index (κ3) is 2.02. The molecule has 1 saturated heterocycles.